The molecular formula is C17H20N2O4S. The van der Waals surface area contributed by atoms with Crippen molar-refractivity contribution in [3.8, 4) is 5.75 Å². The molecule has 6 nitrogen and oxygen atoms in total. The van der Waals surface area contributed by atoms with Crippen LogP contribution in [0.1, 0.15) is 13.3 Å². The number of amides is 1. The molecule has 0 fully saturated rings. The molecule has 2 aromatic carbocycles. The van der Waals surface area contributed by atoms with Gasteiger partial charge in [0.1, 0.15) is 5.75 Å². The molecule has 0 saturated heterocycles. The normalized spacial score (nSPS) is 10.9. The molecule has 128 valence electrons. The molecule has 0 unspecified atom stereocenters. The highest BCUT2D eigenvalue weighted by molar-refractivity contribution is 7.92. The maximum absolute atomic E-state index is 12.3. The zero-order valence-corrected chi connectivity index (χ0v) is 14.2. The van der Waals surface area contributed by atoms with E-state index in [2.05, 4.69) is 10.0 Å². The number of benzene rings is 2. The van der Waals surface area contributed by atoms with E-state index in [0.717, 1.165) is 6.42 Å². The highest BCUT2D eigenvalue weighted by Gasteiger charge is 2.14. The molecule has 7 heteroatoms. The van der Waals surface area contributed by atoms with E-state index in [1.807, 2.05) is 6.92 Å². The van der Waals surface area contributed by atoms with Crippen molar-refractivity contribution in [1.82, 2.24) is 5.32 Å². The first-order valence-corrected chi connectivity index (χ1v) is 9.07. The summed E-state index contributed by atoms with van der Waals surface area (Å²) in [6.07, 6.45) is 0.854. The van der Waals surface area contributed by atoms with Crippen molar-refractivity contribution in [1.29, 1.82) is 0 Å². The Hall–Kier alpha value is -2.54. The van der Waals surface area contributed by atoms with E-state index in [1.54, 1.807) is 30.3 Å². The molecule has 0 spiro atoms. The fraction of sp³-hybridized carbons (Fsp3) is 0.235. The number of anilines is 1. The van der Waals surface area contributed by atoms with Gasteiger partial charge < -0.3 is 10.1 Å². The molecule has 2 aromatic rings. The highest BCUT2D eigenvalue weighted by atomic mass is 32.2. The van der Waals surface area contributed by atoms with E-state index < -0.39 is 10.0 Å². The lowest BCUT2D eigenvalue weighted by atomic mass is 10.3. The van der Waals surface area contributed by atoms with Crippen LogP contribution in [0.2, 0.25) is 0 Å². The lowest BCUT2D eigenvalue weighted by Crippen LogP contribution is -2.29. The molecule has 0 aliphatic rings. The molecule has 0 atom stereocenters. The van der Waals surface area contributed by atoms with E-state index in [0.29, 0.717) is 18.0 Å². The van der Waals surface area contributed by atoms with Gasteiger partial charge >= 0.3 is 0 Å². The Labute approximate surface area is 141 Å². The van der Waals surface area contributed by atoms with Crippen LogP contribution < -0.4 is 14.8 Å². The quantitative estimate of drug-likeness (QED) is 0.767. The van der Waals surface area contributed by atoms with Crippen LogP contribution >= 0.6 is 0 Å². The predicted octanol–water partition coefficient (Wildman–Crippen LogP) is 2.39. The van der Waals surface area contributed by atoms with Crippen molar-refractivity contribution >= 4 is 21.6 Å². The van der Waals surface area contributed by atoms with E-state index >= 15 is 0 Å². The highest BCUT2D eigenvalue weighted by Crippen LogP contribution is 2.19. The van der Waals surface area contributed by atoms with Crippen LogP contribution in [-0.2, 0) is 14.8 Å². The van der Waals surface area contributed by atoms with E-state index in [4.69, 9.17) is 4.74 Å². The van der Waals surface area contributed by atoms with Crippen molar-refractivity contribution in [2.75, 3.05) is 17.9 Å². The van der Waals surface area contributed by atoms with Crippen molar-refractivity contribution in [2.24, 2.45) is 0 Å². The smallest absolute Gasteiger partial charge is 0.261 e. The Balaban J connectivity index is 1.97. The van der Waals surface area contributed by atoms with Crippen LogP contribution in [0, 0.1) is 0 Å². The zero-order valence-electron chi connectivity index (χ0n) is 13.4. The largest absolute Gasteiger partial charge is 0.484 e. The number of carbonyl (C=O) groups is 1. The van der Waals surface area contributed by atoms with Gasteiger partial charge in [-0.05, 0) is 42.8 Å². The molecule has 0 heterocycles. The van der Waals surface area contributed by atoms with Crippen LogP contribution in [-0.4, -0.2) is 27.5 Å². The van der Waals surface area contributed by atoms with E-state index in [1.165, 1.54) is 24.3 Å². The minimum atomic E-state index is -3.66. The lowest BCUT2D eigenvalue weighted by molar-refractivity contribution is -0.123. The SMILES string of the molecule is CCCNC(=O)COc1ccc(S(=O)(=O)Nc2ccccc2)cc1. The average Bonchev–Trinajstić information content (AvgIpc) is 2.59. The van der Waals surface area contributed by atoms with Crippen LogP contribution in [0.25, 0.3) is 0 Å². The van der Waals surface area contributed by atoms with Crippen molar-refractivity contribution in [3.63, 3.8) is 0 Å². The topological polar surface area (TPSA) is 84.5 Å². The first-order chi connectivity index (χ1) is 11.5. The van der Waals surface area contributed by atoms with Gasteiger partial charge in [0, 0.05) is 12.2 Å². The molecule has 1 amide bonds. The first kappa shape index (κ1) is 17.8. The third-order valence-corrected chi connectivity index (χ3v) is 4.50. The summed E-state index contributed by atoms with van der Waals surface area (Å²) in [4.78, 5) is 11.6. The van der Waals surface area contributed by atoms with Crippen LogP contribution in [0.3, 0.4) is 0 Å². The summed E-state index contributed by atoms with van der Waals surface area (Å²) in [5, 5.41) is 2.70. The maximum Gasteiger partial charge on any atom is 0.261 e. The maximum atomic E-state index is 12.3. The standard InChI is InChI=1S/C17H20N2O4S/c1-2-12-18-17(20)13-23-15-8-10-16(11-9-15)24(21,22)19-14-6-4-3-5-7-14/h3-11,19H,2,12-13H2,1H3,(H,18,20). The third kappa shape index (κ3) is 5.27. The minimum absolute atomic E-state index is 0.103. The van der Waals surface area contributed by atoms with Gasteiger partial charge in [-0.1, -0.05) is 25.1 Å². The first-order valence-electron chi connectivity index (χ1n) is 7.58. The van der Waals surface area contributed by atoms with Gasteiger partial charge in [0.05, 0.1) is 4.90 Å². The number of hydrogen-bond acceptors (Lipinski definition) is 4. The van der Waals surface area contributed by atoms with Gasteiger partial charge in [-0.25, -0.2) is 8.42 Å². The second-order valence-electron chi connectivity index (χ2n) is 5.08. The van der Waals surface area contributed by atoms with Gasteiger partial charge in [0.25, 0.3) is 15.9 Å². The fourth-order valence-corrected chi connectivity index (χ4v) is 2.96. The summed E-state index contributed by atoms with van der Waals surface area (Å²) in [5.74, 6) is 0.222. The van der Waals surface area contributed by atoms with E-state index in [9.17, 15) is 13.2 Å². The Morgan fingerprint density at radius 3 is 2.33 bits per heavy atom. The molecule has 0 aliphatic carbocycles. The Morgan fingerprint density at radius 1 is 1.04 bits per heavy atom. The van der Waals surface area contributed by atoms with Gasteiger partial charge in [-0.2, -0.15) is 0 Å². The summed E-state index contributed by atoms with van der Waals surface area (Å²) in [7, 11) is -3.66. The summed E-state index contributed by atoms with van der Waals surface area (Å²) in [5.41, 5.74) is 0.491. The molecule has 24 heavy (non-hydrogen) atoms. The van der Waals surface area contributed by atoms with Gasteiger partial charge in [-0.3, -0.25) is 9.52 Å². The molecule has 2 N–H and O–H groups in total. The molecule has 0 bridgehead atoms. The number of para-hydroxylation sites is 1. The second kappa shape index (κ2) is 8.35. The molecule has 2 rings (SSSR count). The van der Waals surface area contributed by atoms with Gasteiger partial charge in [-0.15, -0.1) is 0 Å². The summed E-state index contributed by atoms with van der Waals surface area (Å²) >= 11 is 0. The number of carbonyl (C=O) groups excluding carboxylic acids is 1. The number of rotatable bonds is 8. The van der Waals surface area contributed by atoms with Crippen molar-refractivity contribution in [3.05, 3.63) is 54.6 Å². The monoisotopic (exact) mass is 348 g/mol. The van der Waals surface area contributed by atoms with Crippen LogP contribution in [0.15, 0.2) is 59.5 Å². The Bertz CT molecular complexity index is 759. The third-order valence-electron chi connectivity index (χ3n) is 3.10. The number of sulfonamides is 1. The second-order valence-corrected chi connectivity index (χ2v) is 6.76. The number of nitrogens with one attached hydrogen (secondary N) is 2. The Kier molecular flexibility index (Phi) is 6.20. The zero-order chi connectivity index (χ0) is 17.4. The fourth-order valence-electron chi connectivity index (χ4n) is 1.90. The summed E-state index contributed by atoms with van der Waals surface area (Å²) in [6, 6.07) is 14.6. The van der Waals surface area contributed by atoms with E-state index in [-0.39, 0.29) is 17.4 Å². The van der Waals surface area contributed by atoms with Crippen LogP contribution in [0.4, 0.5) is 5.69 Å². The average molecular weight is 348 g/mol. The van der Waals surface area contributed by atoms with Gasteiger partial charge in [0.15, 0.2) is 6.61 Å². The predicted molar refractivity (Wildman–Crippen MR) is 92.5 cm³/mol. The molecule has 0 radical (unpaired) electrons. The van der Waals surface area contributed by atoms with Gasteiger partial charge in [0.2, 0.25) is 0 Å². The summed E-state index contributed by atoms with van der Waals surface area (Å²) < 4.78 is 32.4. The Morgan fingerprint density at radius 2 is 1.71 bits per heavy atom. The molecular weight excluding hydrogens is 328 g/mol. The number of hydrogen-bond donors (Lipinski definition) is 2. The minimum Gasteiger partial charge on any atom is -0.484 e. The molecule has 0 aromatic heterocycles. The van der Waals surface area contributed by atoms with Crippen molar-refractivity contribution in [2.45, 2.75) is 18.2 Å². The summed E-state index contributed by atoms with van der Waals surface area (Å²) in [6.45, 7) is 2.46. The molecule has 0 aliphatic heterocycles. The lowest BCUT2D eigenvalue weighted by Gasteiger charge is -2.09. The van der Waals surface area contributed by atoms with Crippen LogP contribution in [0.5, 0.6) is 5.75 Å². The number of ether oxygens (including phenoxy) is 1. The molecule has 0 saturated carbocycles. The van der Waals surface area contributed by atoms with Crippen molar-refractivity contribution < 1.29 is 17.9 Å².